The molecule has 31 heavy (non-hydrogen) atoms. The van der Waals surface area contributed by atoms with Gasteiger partial charge in [0.05, 0.1) is 0 Å². The van der Waals surface area contributed by atoms with Gasteiger partial charge in [0, 0.05) is 37.8 Å². The van der Waals surface area contributed by atoms with Crippen molar-refractivity contribution < 1.29 is 19.1 Å². The molecule has 2 aliphatic heterocycles. The van der Waals surface area contributed by atoms with Crippen molar-refractivity contribution >= 4 is 12.2 Å². The third-order valence-electron chi connectivity index (χ3n) is 5.84. The van der Waals surface area contributed by atoms with E-state index >= 15 is 0 Å². The highest BCUT2D eigenvalue weighted by molar-refractivity contribution is 5.69. The van der Waals surface area contributed by atoms with Crippen LogP contribution in [0, 0.1) is 0 Å². The quantitative estimate of drug-likeness (QED) is 0.657. The zero-order valence-electron chi connectivity index (χ0n) is 20.8. The molecule has 2 amide bonds. The maximum Gasteiger partial charge on any atom is 0.410 e. The second-order valence-corrected chi connectivity index (χ2v) is 11.2. The molecule has 0 bridgehead atoms. The normalized spacial score (nSPS) is 24.0. The van der Waals surface area contributed by atoms with Gasteiger partial charge in [0.15, 0.2) is 0 Å². The summed E-state index contributed by atoms with van der Waals surface area (Å²) in [5, 5.41) is 3.62. The molecule has 3 unspecified atom stereocenters. The maximum atomic E-state index is 12.8. The Kier molecular flexibility index (Phi) is 9.04. The van der Waals surface area contributed by atoms with Crippen molar-refractivity contribution in [2.75, 3.05) is 19.6 Å². The number of hydrogen-bond acceptors (Lipinski definition) is 5. The fourth-order valence-corrected chi connectivity index (χ4v) is 4.42. The van der Waals surface area contributed by atoms with Crippen LogP contribution in [0.25, 0.3) is 0 Å². The number of ether oxygens (including phenoxy) is 2. The summed E-state index contributed by atoms with van der Waals surface area (Å²) in [7, 11) is 0. The molecule has 0 aromatic carbocycles. The molecule has 0 radical (unpaired) electrons. The van der Waals surface area contributed by atoms with E-state index in [1.165, 1.54) is 0 Å². The summed E-state index contributed by atoms with van der Waals surface area (Å²) in [6.07, 6.45) is 6.82. The number of amides is 2. The van der Waals surface area contributed by atoms with Crippen molar-refractivity contribution in [2.45, 2.75) is 123 Å². The maximum absolute atomic E-state index is 12.8. The molecule has 180 valence electrons. The van der Waals surface area contributed by atoms with Gasteiger partial charge < -0.3 is 24.6 Å². The van der Waals surface area contributed by atoms with Gasteiger partial charge in [0.25, 0.3) is 0 Å². The molecule has 0 aromatic rings. The summed E-state index contributed by atoms with van der Waals surface area (Å²) in [5.74, 6) is 0. The molecule has 2 rings (SSSR count). The summed E-state index contributed by atoms with van der Waals surface area (Å²) >= 11 is 0. The Bertz CT molecular complexity index is 597. The molecular formula is C24H45N3O4. The van der Waals surface area contributed by atoms with Gasteiger partial charge >= 0.3 is 12.2 Å². The van der Waals surface area contributed by atoms with E-state index < -0.39 is 11.2 Å². The minimum Gasteiger partial charge on any atom is -0.444 e. The highest BCUT2D eigenvalue weighted by atomic mass is 16.6. The molecule has 0 spiro atoms. The largest absolute Gasteiger partial charge is 0.444 e. The monoisotopic (exact) mass is 439 g/mol. The predicted octanol–water partition coefficient (Wildman–Crippen LogP) is 4.93. The highest BCUT2D eigenvalue weighted by Crippen LogP contribution is 2.24. The topological polar surface area (TPSA) is 71.1 Å². The number of rotatable bonds is 5. The van der Waals surface area contributed by atoms with E-state index in [9.17, 15) is 9.59 Å². The fraction of sp³-hybridized carbons (Fsp3) is 0.917. The molecular weight excluding hydrogens is 394 g/mol. The van der Waals surface area contributed by atoms with Crippen LogP contribution in [0.4, 0.5) is 9.59 Å². The average Bonchev–Trinajstić information content (AvgIpc) is 2.96. The van der Waals surface area contributed by atoms with Gasteiger partial charge in [0.2, 0.25) is 0 Å². The lowest BCUT2D eigenvalue weighted by Crippen LogP contribution is -2.48. The van der Waals surface area contributed by atoms with Crippen molar-refractivity contribution in [3.05, 3.63) is 0 Å². The lowest BCUT2D eigenvalue weighted by atomic mass is 10.0. The molecule has 7 nitrogen and oxygen atoms in total. The van der Waals surface area contributed by atoms with Crippen molar-refractivity contribution in [1.82, 2.24) is 15.1 Å². The van der Waals surface area contributed by atoms with Gasteiger partial charge in [-0.1, -0.05) is 12.8 Å². The third-order valence-corrected chi connectivity index (χ3v) is 5.84. The van der Waals surface area contributed by atoms with Crippen LogP contribution in [0.3, 0.4) is 0 Å². The number of carbonyl (C=O) groups is 2. The molecule has 2 aliphatic rings. The van der Waals surface area contributed by atoms with E-state index in [1.807, 2.05) is 51.3 Å². The van der Waals surface area contributed by atoms with Crippen LogP contribution in [0.5, 0.6) is 0 Å². The Hall–Kier alpha value is -1.50. The summed E-state index contributed by atoms with van der Waals surface area (Å²) in [4.78, 5) is 29.1. The Morgan fingerprint density at radius 2 is 1.35 bits per heavy atom. The number of nitrogens with zero attached hydrogens (tertiary/aromatic N) is 2. The molecule has 1 N–H and O–H groups in total. The molecule has 2 saturated heterocycles. The number of hydrogen-bond donors (Lipinski definition) is 1. The van der Waals surface area contributed by atoms with Crippen LogP contribution in [0.1, 0.15) is 93.4 Å². The first-order chi connectivity index (χ1) is 14.4. The van der Waals surface area contributed by atoms with Crippen LogP contribution in [0.15, 0.2) is 0 Å². The van der Waals surface area contributed by atoms with E-state index in [0.717, 1.165) is 64.6 Å². The first-order valence-corrected chi connectivity index (χ1v) is 12.1. The summed E-state index contributed by atoms with van der Waals surface area (Å²) in [5.41, 5.74) is -0.957. The van der Waals surface area contributed by atoms with Gasteiger partial charge in [-0.25, -0.2) is 9.59 Å². The van der Waals surface area contributed by atoms with E-state index in [0.29, 0.717) is 0 Å². The first-order valence-electron chi connectivity index (χ1n) is 12.1. The van der Waals surface area contributed by atoms with Crippen LogP contribution in [-0.4, -0.2) is 70.9 Å². The summed E-state index contributed by atoms with van der Waals surface area (Å²) in [6, 6.07) is 0.591. The predicted molar refractivity (Wildman–Crippen MR) is 123 cm³/mol. The Labute approximate surface area is 189 Å². The lowest BCUT2D eigenvalue weighted by molar-refractivity contribution is 0.0142. The number of carbonyl (C=O) groups excluding carboxylic acids is 2. The summed E-state index contributed by atoms with van der Waals surface area (Å²) in [6.45, 7) is 15.9. The molecule has 3 atom stereocenters. The Morgan fingerprint density at radius 3 is 1.94 bits per heavy atom. The van der Waals surface area contributed by atoms with Gasteiger partial charge in [-0.2, -0.15) is 0 Å². The zero-order valence-corrected chi connectivity index (χ0v) is 20.8. The summed E-state index contributed by atoms with van der Waals surface area (Å²) < 4.78 is 11.2. The highest BCUT2D eigenvalue weighted by Gasteiger charge is 2.33. The molecule has 2 fully saturated rings. The Morgan fingerprint density at radius 1 is 0.839 bits per heavy atom. The molecule has 0 aliphatic carbocycles. The molecule has 2 heterocycles. The minimum absolute atomic E-state index is 0.161. The standard InChI is InChI=1S/C24H45N3O4/c1-18(25-17-20-13-11-15-27(20)22(29)31-24(5,6)7)16-19-12-9-8-10-14-26(19)21(28)30-23(2,3)4/h18-20,25H,8-17H2,1-7H3. The first kappa shape index (κ1) is 25.8. The molecule has 0 aromatic heterocycles. The van der Waals surface area contributed by atoms with E-state index in [-0.39, 0.29) is 30.3 Å². The molecule has 0 saturated carbocycles. The van der Waals surface area contributed by atoms with Gasteiger partial charge in [-0.05, 0) is 80.6 Å². The fourth-order valence-electron chi connectivity index (χ4n) is 4.42. The van der Waals surface area contributed by atoms with Crippen molar-refractivity contribution in [3.8, 4) is 0 Å². The van der Waals surface area contributed by atoms with Crippen molar-refractivity contribution in [3.63, 3.8) is 0 Å². The number of likely N-dealkylation sites (tertiary alicyclic amines) is 2. The lowest BCUT2D eigenvalue weighted by Gasteiger charge is -2.34. The van der Waals surface area contributed by atoms with Gasteiger partial charge in [0.1, 0.15) is 11.2 Å². The minimum atomic E-state index is -0.481. The van der Waals surface area contributed by atoms with Crippen molar-refractivity contribution in [1.29, 1.82) is 0 Å². The van der Waals surface area contributed by atoms with Gasteiger partial charge in [-0.3, -0.25) is 0 Å². The molecule has 7 heteroatoms. The van der Waals surface area contributed by atoms with Crippen LogP contribution < -0.4 is 5.32 Å². The SMILES string of the molecule is CC(CC1CCCCCN1C(=O)OC(C)(C)C)NCC1CCCN1C(=O)OC(C)(C)C. The van der Waals surface area contributed by atoms with Crippen LogP contribution in [0.2, 0.25) is 0 Å². The second kappa shape index (κ2) is 10.9. The zero-order chi connectivity index (χ0) is 23.2. The Balaban J connectivity index is 1.89. The second-order valence-electron chi connectivity index (χ2n) is 11.2. The van der Waals surface area contributed by atoms with Crippen LogP contribution >= 0.6 is 0 Å². The van der Waals surface area contributed by atoms with Crippen molar-refractivity contribution in [2.24, 2.45) is 0 Å². The van der Waals surface area contributed by atoms with Crippen LogP contribution in [-0.2, 0) is 9.47 Å². The smallest absolute Gasteiger partial charge is 0.410 e. The van der Waals surface area contributed by atoms with E-state index in [4.69, 9.17) is 9.47 Å². The third kappa shape index (κ3) is 8.87. The van der Waals surface area contributed by atoms with E-state index in [2.05, 4.69) is 12.2 Å². The van der Waals surface area contributed by atoms with Gasteiger partial charge in [-0.15, -0.1) is 0 Å². The average molecular weight is 440 g/mol. The number of nitrogens with one attached hydrogen (secondary N) is 1. The van der Waals surface area contributed by atoms with E-state index in [1.54, 1.807) is 0 Å².